The van der Waals surface area contributed by atoms with E-state index in [1.807, 2.05) is 35.5 Å². The monoisotopic (exact) mass is 267 g/mol. The number of fused-ring (bicyclic) bond motifs is 3. The van der Waals surface area contributed by atoms with E-state index < -0.39 is 0 Å². The summed E-state index contributed by atoms with van der Waals surface area (Å²) in [5.41, 5.74) is 2.15. The van der Waals surface area contributed by atoms with Gasteiger partial charge >= 0.3 is 0 Å². The van der Waals surface area contributed by atoms with Crippen LogP contribution in [0.5, 0.6) is 0 Å². The quantitative estimate of drug-likeness (QED) is 0.722. The highest BCUT2D eigenvalue weighted by Gasteiger charge is 2.15. The molecule has 2 aliphatic rings. The number of allylic oxidation sites excluding steroid dienone is 3. The number of pyridine rings is 1. The molecule has 1 aromatic heterocycles. The van der Waals surface area contributed by atoms with Gasteiger partial charge in [0, 0.05) is 24.2 Å². The maximum atomic E-state index is 4.38. The zero-order chi connectivity index (χ0) is 10.1. The molecule has 0 saturated heterocycles. The average Bonchev–Trinajstić information content (AvgIpc) is 2.48. The highest BCUT2D eigenvalue weighted by molar-refractivity contribution is 5.89. The van der Waals surface area contributed by atoms with Gasteiger partial charge in [0.15, 0.2) is 0 Å². The molecule has 1 aromatic rings. The van der Waals surface area contributed by atoms with Crippen LogP contribution in [-0.4, -0.2) is 11.2 Å². The van der Waals surface area contributed by atoms with Gasteiger partial charge in [0.25, 0.3) is 0 Å². The van der Waals surface area contributed by atoms with E-state index in [1.165, 1.54) is 0 Å². The molecule has 0 spiro atoms. The van der Waals surface area contributed by atoms with Crippen LogP contribution in [0.15, 0.2) is 53.6 Å². The van der Waals surface area contributed by atoms with E-state index >= 15 is 0 Å². The lowest BCUT2D eigenvalue weighted by Crippen LogP contribution is -2.19. The van der Waals surface area contributed by atoms with Crippen molar-refractivity contribution in [3.63, 3.8) is 0 Å². The molecule has 0 unspecified atom stereocenters. The van der Waals surface area contributed by atoms with Crippen LogP contribution in [0.1, 0.15) is 5.56 Å². The van der Waals surface area contributed by atoms with E-state index in [0.29, 0.717) is 0 Å². The van der Waals surface area contributed by atoms with Crippen LogP contribution < -0.4 is 4.90 Å². The zero-order valence-electron chi connectivity index (χ0n) is 8.85. The van der Waals surface area contributed by atoms with E-state index in [2.05, 4.69) is 22.1 Å². The van der Waals surface area contributed by atoms with Crippen molar-refractivity contribution < 1.29 is 0 Å². The highest BCUT2D eigenvalue weighted by Crippen LogP contribution is 2.26. The number of aromatic nitrogens is 1. The number of rotatable bonds is 0. The molecule has 0 fully saturated rings. The molecule has 17 heavy (non-hydrogen) atoms. The van der Waals surface area contributed by atoms with E-state index in [-0.39, 0.29) is 24.8 Å². The molecule has 0 N–H and O–H groups in total. The highest BCUT2D eigenvalue weighted by atomic mass is 35.5. The van der Waals surface area contributed by atoms with Crippen molar-refractivity contribution in [1.82, 2.24) is 4.98 Å². The van der Waals surface area contributed by atoms with Crippen molar-refractivity contribution in [2.24, 2.45) is 4.99 Å². The Kier molecular flexibility index (Phi) is 4.49. The molecular formula is C12H11Cl2N3. The smallest absolute Gasteiger partial charge is 0.144 e. The first-order chi connectivity index (χ1) is 7.45. The SMILES string of the molecule is C1=Cc2cccnc2N2C=CN=CC2=C1.Cl.Cl. The number of hydrogen-bond acceptors (Lipinski definition) is 3. The Labute approximate surface area is 112 Å². The fourth-order valence-corrected chi connectivity index (χ4v) is 1.68. The third-order valence-corrected chi connectivity index (χ3v) is 2.37. The van der Waals surface area contributed by atoms with Gasteiger partial charge in [0.1, 0.15) is 5.82 Å². The van der Waals surface area contributed by atoms with Crippen molar-refractivity contribution in [1.29, 1.82) is 0 Å². The van der Waals surface area contributed by atoms with Crippen LogP contribution in [0.3, 0.4) is 0 Å². The van der Waals surface area contributed by atoms with Gasteiger partial charge in [0.2, 0.25) is 0 Å². The first-order valence-electron chi connectivity index (χ1n) is 4.77. The second kappa shape index (κ2) is 5.66. The number of anilines is 1. The molecule has 0 saturated carbocycles. The molecule has 3 rings (SSSR count). The molecule has 88 valence electrons. The summed E-state index contributed by atoms with van der Waals surface area (Å²) in [5, 5.41) is 0. The van der Waals surface area contributed by atoms with Crippen LogP contribution >= 0.6 is 24.8 Å². The largest absolute Gasteiger partial charge is 0.298 e. The Morgan fingerprint density at radius 2 is 2.06 bits per heavy atom. The third-order valence-electron chi connectivity index (χ3n) is 2.37. The number of halogens is 2. The van der Waals surface area contributed by atoms with E-state index in [0.717, 1.165) is 17.1 Å². The molecule has 0 amide bonds. The van der Waals surface area contributed by atoms with Gasteiger partial charge < -0.3 is 0 Å². The maximum Gasteiger partial charge on any atom is 0.144 e. The predicted octanol–water partition coefficient (Wildman–Crippen LogP) is 3.20. The summed E-state index contributed by atoms with van der Waals surface area (Å²) in [6.07, 6.45) is 13.4. The van der Waals surface area contributed by atoms with Crippen molar-refractivity contribution >= 4 is 42.9 Å². The Morgan fingerprint density at radius 1 is 1.18 bits per heavy atom. The molecule has 3 nitrogen and oxygen atoms in total. The molecule has 0 bridgehead atoms. The summed E-state index contributed by atoms with van der Waals surface area (Å²) in [7, 11) is 0. The molecule has 2 aliphatic heterocycles. The van der Waals surface area contributed by atoms with Crippen molar-refractivity contribution in [2.45, 2.75) is 0 Å². The summed E-state index contributed by atoms with van der Waals surface area (Å²) in [4.78, 5) is 10.5. The van der Waals surface area contributed by atoms with Crippen LogP contribution in [-0.2, 0) is 0 Å². The maximum absolute atomic E-state index is 4.38. The third kappa shape index (κ3) is 2.40. The second-order valence-corrected chi connectivity index (χ2v) is 3.31. The van der Waals surface area contributed by atoms with E-state index in [1.54, 1.807) is 12.4 Å². The van der Waals surface area contributed by atoms with Gasteiger partial charge in [-0.05, 0) is 18.2 Å². The normalized spacial score (nSPS) is 14.8. The molecule has 0 radical (unpaired) electrons. The van der Waals surface area contributed by atoms with Crippen LogP contribution in [0.4, 0.5) is 5.82 Å². The zero-order valence-corrected chi connectivity index (χ0v) is 10.5. The number of hydrogen-bond donors (Lipinski definition) is 0. The van der Waals surface area contributed by atoms with Crippen LogP contribution in [0, 0.1) is 0 Å². The molecular weight excluding hydrogens is 257 g/mol. The van der Waals surface area contributed by atoms with Crippen LogP contribution in [0.25, 0.3) is 6.08 Å². The first kappa shape index (κ1) is 13.5. The first-order valence-corrected chi connectivity index (χ1v) is 4.77. The van der Waals surface area contributed by atoms with Crippen molar-refractivity contribution in [3.05, 3.63) is 54.1 Å². The molecule has 5 heteroatoms. The molecule has 0 aromatic carbocycles. The van der Waals surface area contributed by atoms with Gasteiger partial charge in [-0.2, -0.15) is 0 Å². The van der Waals surface area contributed by atoms with Crippen molar-refractivity contribution in [2.75, 3.05) is 4.90 Å². The van der Waals surface area contributed by atoms with E-state index in [9.17, 15) is 0 Å². The van der Waals surface area contributed by atoms with E-state index in [4.69, 9.17) is 0 Å². The van der Waals surface area contributed by atoms with Gasteiger partial charge in [-0.25, -0.2) is 4.98 Å². The topological polar surface area (TPSA) is 28.5 Å². The van der Waals surface area contributed by atoms with Gasteiger partial charge in [-0.3, -0.25) is 9.89 Å². The molecule has 0 aliphatic carbocycles. The summed E-state index contributed by atoms with van der Waals surface area (Å²) in [6, 6.07) is 3.99. The molecule has 3 heterocycles. The lowest BCUT2D eigenvalue weighted by Gasteiger charge is -2.21. The standard InChI is InChI=1S/C12H9N3.2ClH/c1-3-10-4-2-6-14-12(10)15-8-7-13-9-11(15)5-1;;/h1-9H;2*1H. The Morgan fingerprint density at radius 3 is 2.94 bits per heavy atom. The number of nitrogens with zero attached hydrogens (tertiary/aromatic N) is 3. The Balaban J connectivity index is 0.000000722. The summed E-state index contributed by atoms with van der Waals surface area (Å²) in [5.74, 6) is 0.944. The van der Waals surface area contributed by atoms with Crippen molar-refractivity contribution in [3.8, 4) is 0 Å². The summed E-state index contributed by atoms with van der Waals surface area (Å²) < 4.78 is 0. The minimum atomic E-state index is 0. The summed E-state index contributed by atoms with van der Waals surface area (Å²) >= 11 is 0. The van der Waals surface area contributed by atoms with Gasteiger partial charge in [-0.15, -0.1) is 24.8 Å². The Hall–Kier alpha value is -1.58. The number of aliphatic imine (C=N–C) groups is 1. The Bertz CT molecular complexity index is 518. The van der Waals surface area contributed by atoms with Gasteiger partial charge in [-0.1, -0.05) is 12.2 Å². The minimum Gasteiger partial charge on any atom is -0.298 e. The fourth-order valence-electron chi connectivity index (χ4n) is 1.68. The average molecular weight is 268 g/mol. The summed E-state index contributed by atoms with van der Waals surface area (Å²) in [6.45, 7) is 0. The second-order valence-electron chi connectivity index (χ2n) is 3.31. The predicted molar refractivity (Wildman–Crippen MR) is 76.0 cm³/mol. The fraction of sp³-hybridized carbons (Fsp3) is 0. The lowest BCUT2D eigenvalue weighted by molar-refractivity contribution is 1.12. The minimum absolute atomic E-state index is 0. The lowest BCUT2D eigenvalue weighted by atomic mass is 10.2. The van der Waals surface area contributed by atoms with Crippen LogP contribution in [0.2, 0.25) is 0 Å². The van der Waals surface area contributed by atoms with Gasteiger partial charge in [0.05, 0.1) is 11.9 Å². The molecule has 0 atom stereocenters.